The maximum atomic E-state index is 12.0. The molecule has 1 aromatic heterocycles. The molecule has 1 amide bonds. The summed E-state index contributed by atoms with van der Waals surface area (Å²) in [7, 11) is 0.0799. The number of benzene rings is 1. The van der Waals surface area contributed by atoms with Crippen molar-refractivity contribution in [2.24, 2.45) is 0 Å². The Hall–Kier alpha value is -2.18. The van der Waals surface area contributed by atoms with Gasteiger partial charge in [0.15, 0.2) is 8.32 Å². The number of carbonyl (C=O) groups excluding carboxylic acids is 1. The monoisotopic (exact) mass is 463 g/mol. The van der Waals surface area contributed by atoms with Crippen molar-refractivity contribution in [2.45, 2.75) is 82.7 Å². The van der Waals surface area contributed by atoms with Crippen LogP contribution in [-0.2, 0) is 15.6 Å². The number of hydrogen-bond acceptors (Lipinski definition) is 4. The van der Waals surface area contributed by atoms with Crippen LogP contribution in [-0.4, -0.2) is 44.4 Å². The summed E-state index contributed by atoms with van der Waals surface area (Å²) in [6.45, 7) is 12.8. The second-order valence-electron chi connectivity index (χ2n) is 11.7. The third-order valence-corrected chi connectivity index (χ3v) is 13.0. The molecule has 176 valence electrons. The molecule has 1 aliphatic carbocycles. The van der Waals surface area contributed by atoms with E-state index >= 15 is 0 Å². The Morgan fingerprint density at radius 1 is 1.12 bits per heavy atom. The SMILES string of the molecule is CN1C(=O)CCc2cc(-c3cncc(N4CCCC45CC5O[Si](C)(C)C(C)(C)C)c3)ccc21. The zero-order valence-electron chi connectivity index (χ0n) is 20.9. The highest BCUT2D eigenvalue weighted by Crippen LogP contribution is 2.55. The summed E-state index contributed by atoms with van der Waals surface area (Å²) in [6.07, 6.45) is 9.24. The lowest BCUT2D eigenvalue weighted by Gasteiger charge is -2.38. The number of aryl methyl sites for hydroxylation is 1. The quantitative estimate of drug-likeness (QED) is 0.538. The van der Waals surface area contributed by atoms with Crippen molar-refractivity contribution in [1.82, 2.24) is 4.98 Å². The summed E-state index contributed by atoms with van der Waals surface area (Å²) in [5.41, 5.74) is 5.93. The topological polar surface area (TPSA) is 45.7 Å². The number of pyridine rings is 1. The van der Waals surface area contributed by atoms with E-state index in [2.05, 4.69) is 68.0 Å². The Balaban J connectivity index is 1.39. The summed E-state index contributed by atoms with van der Waals surface area (Å²) in [6, 6.07) is 8.73. The first kappa shape index (κ1) is 22.6. The third kappa shape index (κ3) is 3.81. The zero-order chi connectivity index (χ0) is 23.6. The number of fused-ring (bicyclic) bond motifs is 1. The van der Waals surface area contributed by atoms with Gasteiger partial charge < -0.3 is 14.2 Å². The van der Waals surface area contributed by atoms with E-state index in [1.807, 2.05) is 19.4 Å². The predicted molar refractivity (Wildman–Crippen MR) is 137 cm³/mol. The van der Waals surface area contributed by atoms with Crippen LogP contribution in [0.5, 0.6) is 0 Å². The fourth-order valence-corrected chi connectivity index (χ4v) is 6.72. The number of amides is 1. The van der Waals surface area contributed by atoms with Crippen molar-refractivity contribution in [2.75, 3.05) is 23.4 Å². The molecule has 1 saturated heterocycles. The second-order valence-corrected chi connectivity index (χ2v) is 16.4. The molecular formula is C27H37N3O2Si. The van der Waals surface area contributed by atoms with Gasteiger partial charge in [0.05, 0.1) is 23.5 Å². The molecule has 1 spiro atoms. The molecule has 5 rings (SSSR count). The maximum absolute atomic E-state index is 12.0. The van der Waals surface area contributed by atoms with Crippen LogP contribution in [0.2, 0.25) is 18.1 Å². The first-order chi connectivity index (χ1) is 15.5. The Morgan fingerprint density at radius 3 is 2.67 bits per heavy atom. The number of rotatable bonds is 4. The highest BCUT2D eigenvalue weighted by Gasteiger charge is 2.63. The van der Waals surface area contributed by atoms with E-state index in [4.69, 9.17) is 4.43 Å². The normalized spacial score (nSPS) is 25.0. The Kier molecular flexibility index (Phi) is 5.25. The number of carbonyl (C=O) groups is 1. The Labute approximate surface area is 199 Å². The van der Waals surface area contributed by atoms with Gasteiger partial charge in [-0.2, -0.15) is 0 Å². The van der Waals surface area contributed by atoms with Gasteiger partial charge in [-0.15, -0.1) is 0 Å². The molecule has 3 aliphatic rings. The van der Waals surface area contributed by atoms with E-state index in [1.54, 1.807) is 4.90 Å². The summed E-state index contributed by atoms with van der Waals surface area (Å²) in [4.78, 5) is 21.0. The van der Waals surface area contributed by atoms with E-state index in [9.17, 15) is 4.79 Å². The summed E-state index contributed by atoms with van der Waals surface area (Å²) < 4.78 is 6.84. The highest BCUT2D eigenvalue weighted by atomic mass is 28.4. The molecule has 5 nitrogen and oxygen atoms in total. The number of hydrogen-bond donors (Lipinski definition) is 0. The van der Waals surface area contributed by atoms with E-state index in [0.29, 0.717) is 12.5 Å². The van der Waals surface area contributed by atoms with Gasteiger partial charge in [0.2, 0.25) is 5.91 Å². The van der Waals surface area contributed by atoms with Crippen LogP contribution >= 0.6 is 0 Å². The fourth-order valence-electron chi connectivity index (χ4n) is 5.35. The van der Waals surface area contributed by atoms with Gasteiger partial charge in [0, 0.05) is 43.9 Å². The van der Waals surface area contributed by atoms with Crippen molar-refractivity contribution in [1.29, 1.82) is 0 Å². The number of aromatic nitrogens is 1. The predicted octanol–water partition coefficient (Wildman–Crippen LogP) is 5.79. The molecule has 2 fully saturated rings. The molecule has 2 aliphatic heterocycles. The Morgan fingerprint density at radius 2 is 1.91 bits per heavy atom. The average Bonchev–Trinajstić information content (AvgIpc) is 3.25. The second kappa shape index (κ2) is 7.67. The van der Waals surface area contributed by atoms with E-state index < -0.39 is 8.32 Å². The number of nitrogens with zero attached hydrogens (tertiary/aromatic N) is 3. The minimum atomic E-state index is -1.79. The minimum Gasteiger partial charge on any atom is -0.411 e. The molecule has 0 N–H and O–H groups in total. The lowest BCUT2D eigenvalue weighted by atomic mass is 9.96. The van der Waals surface area contributed by atoms with Crippen molar-refractivity contribution in [3.05, 3.63) is 42.2 Å². The van der Waals surface area contributed by atoms with E-state index in [1.165, 1.54) is 29.7 Å². The molecule has 2 unspecified atom stereocenters. The van der Waals surface area contributed by atoms with Crippen LogP contribution < -0.4 is 9.80 Å². The molecule has 0 radical (unpaired) electrons. The van der Waals surface area contributed by atoms with Gasteiger partial charge in [-0.05, 0) is 66.7 Å². The van der Waals surface area contributed by atoms with Crippen molar-refractivity contribution >= 4 is 25.6 Å². The molecule has 33 heavy (non-hydrogen) atoms. The molecule has 1 aromatic carbocycles. The van der Waals surface area contributed by atoms with Gasteiger partial charge in [0.25, 0.3) is 0 Å². The van der Waals surface area contributed by atoms with Crippen molar-refractivity contribution in [3.63, 3.8) is 0 Å². The van der Waals surface area contributed by atoms with Crippen LogP contribution in [0.4, 0.5) is 11.4 Å². The first-order valence-corrected chi connectivity index (χ1v) is 15.2. The summed E-state index contributed by atoms with van der Waals surface area (Å²) >= 11 is 0. The highest BCUT2D eigenvalue weighted by molar-refractivity contribution is 6.74. The van der Waals surface area contributed by atoms with Crippen LogP contribution in [0.15, 0.2) is 36.7 Å². The van der Waals surface area contributed by atoms with Crippen LogP contribution in [0.1, 0.15) is 52.0 Å². The first-order valence-electron chi connectivity index (χ1n) is 12.3. The van der Waals surface area contributed by atoms with Gasteiger partial charge in [-0.1, -0.05) is 26.8 Å². The molecule has 3 heterocycles. The lowest BCUT2D eigenvalue weighted by molar-refractivity contribution is -0.118. The van der Waals surface area contributed by atoms with Gasteiger partial charge >= 0.3 is 0 Å². The van der Waals surface area contributed by atoms with Gasteiger partial charge in [-0.25, -0.2) is 0 Å². The van der Waals surface area contributed by atoms with Crippen molar-refractivity contribution in [3.8, 4) is 11.1 Å². The molecule has 6 heteroatoms. The van der Waals surface area contributed by atoms with Gasteiger partial charge in [0.1, 0.15) is 0 Å². The molecule has 2 aromatic rings. The largest absolute Gasteiger partial charge is 0.411 e. The fraction of sp³-hybridized carbons (Fsp3) is 0.556. The van der Waals surface area contributed by atoms with E-state index in [-0.39, 0.29) is 16.5 Å². The lowest BCUT2D eigenvalue weighted by Crippen LogP contribution is -2.44. The van der Waals surface area contributed by atoms with Crippen LogP contribution in [0.3, 0.4) is 0 Å². The van der Waals surface area contributed by atoms with Crippen LogP contribution in [0, 0.1) is 0 Å². The number of anilines is 2. The minimum absolute atomic E-state index is 0.148. The van der Waals surface area contributed by atoms with Crippen molar-refractivity contribution < 1.29 is 9.22 Å². The van der Waals surface area contributed by atoms with Crippen LogP contribution in [0.25, 0.3) is 11.1 Å². The standard InChI is InChI=1S/C27H37N3O2Si/c1-26(2,3)33(5,6)32-24-16-27(24)12-7-13-30(27)22-15-21(17-28-18-22)19-8-10-23-20(14-19)9-11-25(31)29(23)4/h8,10,14-15,17-18,24H,7,9,11-13,16H2,1-6H3. The van der Waals surface area contributed by atoms with E-state index in [0.717, 1.165) is 30.6 Å². The third-order valence-electron chi connectivity index (χ3n) is 8.54. The Bertz CT molecular complexity index is 1090. The molecule has 1 saturated carbocycles. The molecule has 2 atom stereocenters. The summed E-state index contributed by atoms with van der Waals surface area (Å²) in [5.74, 6) is 0.192. The average molecular weight is 464 g/mol. The zero-order valence-corrected chi connectivity index (χ0v) is 21.9. The summed E-state index contributed by atoms with van der Waals surface area (Å²) in [5, 5.41) is 0.229. The molecular weight excluding hydrogens is 426 g/mol. The smallest absolute Gasteiger partial charge is 0.227 e. The molecule has 0 bridgehead atoms. The van der Waals surface area contributed by atoms with Gasteiger partial charge in [-0.3, -0.25) is 9.78 Å². The maximum Gasteiger partial charge on any atom is 0.227 e.